The van der Waals surface area contributed by atoms with Crippen molar-refractivity contribution in [3.8, 4) is 11.1 Å². The number of esters is 1. The smallest absolute Gasteiger partial charge is 0.338 e. The maximum Gasteiger partial charge on any atom is 0.338 e. The molecule has 0 saturated heterocycles. The van der Waals surface area contributed by atoms with Crippen molar-refractivity contribution in [3.63, 3.8) is 0 Å². The van der Waals surface area contributed by atoms with Gasteiger partial charge in [-0.3, -0.25) is 0 Å². The van der Waals surface area contributed by atoms with Gasteiger partial charge in [0.05, 0.1) is 18.2 Å². The van der Waals surface area contributed by atoms with Crippen molar-refractivity contribution in [2.24, 2.45) is 0 Å². The molecule has 2 N–H and O–H groups in total. The van der Waals surface area contributed by atoms with E-state index in [2.05, 4.69) is 4.74 Å². The van der Waals surface area contributed by atoms with Crippen LogP contribution in [0.25, 0.3) is 11.1 Å². The lowest BCUT2D eigenvalue weighted by Gasteiger charge is -2.12. The summed E-state index contributed by atoms with van der Waals surface area (Å²) in [6.45, 7) is 1.64. The van der Waals surface area contributed by atoms with Crippen molar-refractivity contribution in [1.29, 1.82) is 0 Å². The summed E-state index contributed by atoms with van der Waals surface area (Å²) in [7, 11) is 1.23. The first-order valence-corrected chi connectivity index (χ1v) is 5.88. The summed E-state index contributed by atoms with van der Waals surface area (Å²) in [6, 6.07) is 6.37. The van der Waals surface area contributed by atoms with E-state index >= 15 is 0 Å². The summed E-state index contributed by atoms with van der Waals surface area (Å²) >= 11 is 0. The van der Waals surface area contributed by atoms with Crippen molar-refractivity contribution in [2.75, 3.05) is 12.8 Å². The van der Waals surface area contributed by atoms with Crippen LogP contribution in [-0.4, -0.2) is 13.1 Å². The predicted octanol–water partition coefficient (Wildman–Crippen LogP) is 3.31. The van der Waals surface area contributed by atoms with Gasteiger partial charge < -0.3 is 10.5 Å². The molecule has 2 rings (SSSR count). The average molecular weight is 277 g/mol. The molecule has 0 aliphatic rings. The van der Waals surface area contributed by atoms with Crippen LogP contribution in [0.4, 0.5) is 14.5 Å². The number of nitrogen functional groups attached to an aromatic ring is 1. The molecule has 0 aliphatic heterocycles. The first-order valence-electron chi connectivity index (χ1n) is 5.88. The number of hydrogen-bond donors (Lipinski definition) is 1. The molecule has 0 saturated carbocycles. The minimum atomic E-state index is -0.718. The van der Waals surface area contributed by atoms with Crippen molar-refractivity contribution in [1.82, 2.24) is 0 Å². The summed E-state index contributed by atoms with van der Waals surface area (Å²) in [5.41, 5.74) is 6.74. The van der Waals surface area contributed by atoms with Gasteiger partial charge in [-0.1, -0.05) is 6.07 Å². The van der Waals surface area contributed by atoms with E-state index in [0.717, 1.165) is 12.1 Å². The fourth-order valence-corrected chi connectivity index (χ4v) is 1.98. The third kappa shape index (κ3) is 2.34. The molecular weight excluding hydrogens is 264 g/mol. The zero-order valence-electron chi connectivity index (χ0n) is 11.0. The lowest BCUT2D eigenvalue weighted by atomic mass is 9.97. The van der Waals surface area contributed by atoms with Crippen LogP contribution in [0.3, 0.4) is 0 Å². The van der Waals surface area contributed by atoms with E-state index in [1.165, 1.54) is 25.3 Å². The molecular formula is C15H13F2NO2. The molecule has 0 amide bonds. The van der Waals surface area contributed by atoms with Crippen molar-refractivity contribution in [3.05, 3.63) is 53.1 Å². The Morgan fingerprint density at radius 1 is 1.20 bits per heavy atom. The Balaban J connectivity index is 2.70. The Bertz CT molecular complexity index is 664. The molecule has 2 aromatic carbocycles. The van der Waals surface area contributed by atoms with Gasteiger partial charge in [-0.05, 0) is 42.3 Å². The van der Waals surface area contributed by atoms with Crippen LogP contribution in [0.15, 0.2) is 30.3 Å². The number of nitrogens with two attached hydrogens (primary N) is 1. The average Bonchev–Trinajstić information content (AvgIpc) is 2.41. The fourth-order valence-electron chi connectivity index (χ4n) is 1.98. The first kappa shape index (κ1) is 14.0. The normalized spacial score (nSPS) is 10.4. The quantitative estimate of drug-likeness (QED) is 0.676. The van der Waals surface area contributed by atoms with Gasteiger partial charge >= 0.3 is 5.97 Å². The highest BCUT2D eigenvalue weighted by Gasteiger charge is 2.17. The van der Waals surface area contributed by atoms with Crippen LogP contribution in [0.2, 0.25) is 0 Å². The second-order valence-electron chi connectivity index (χ2n) is 4.33. The second kappa shape index (κ2) is 5.28. The van der Waals surface area contributed by atoms with Crippen LogP contribution in [-0.2, 0) is 4.74 Å². The zero-order valence-corrected chi connectivity index (χ0v) is 11.0. The summed E-state index contributed by atoms with van der Waals surface area (Å²) in [4.78, 5) is 11.7. The summed E-state index contributed by atoms with van der Waals surface area (Å²) < 4.78 is 32.2. The molecule has 0 unspecified atom stereocenters. The fraction of sp³-hybridized carbons (Fsp3) is 0.133. The monoisotopic (exact) mass is 277 g/mol. The van der Waals surface area contributed by atoms with E-state index < -0.39 is 17.6 Å². The van der Waals surface area contributed by atoms with E-state index in [9.17, 15) is 13.6 Å². The number of anilines is 1. The van der Waals surface area contributed by atoms with Gasteiger partial charge in [0.2, 0.25) is 0 Å². The largest absolute Gasteiger partial charge is 0.465 e. The number of benzene rings is 2. The summed E-state index contributed by atoms with van der Waals surface area (Å²) in [5.74, 6) is -2.04. The maximum atomic E-state index is 13.8. The number of carbonyl (C=O) groups excluding carboxylic acids is 1. The van der Waals surface area contributed by atoms with Crippen molar-refractivity contribution < 1.29 is 18.3 Å². The summed E-state index contributed by atoms with van der Waals surface area (Å²) in [5, 5.41) is 0. The Labute approximate surface area is 115 Å². The van der Waals surface area contributed by atoms with Crippen LogP contribution in [0.1, 0.15) is 15.9 Å². The maximum absolute atomic E-state index is 13.8. The van der Waals surface area contributed by atoms with Crippen LogP contribution in [0, 0.1) is 18.6 Å². The lowest BCUT2D eigenvalue weighted by Crippen LogP contribution is -2.07. The number of methoxy groups -OCH3 is 1. The van der Waals surface area contributed by atoms with Gasteiger partial charge in [0.15, 0.2) is 0 Å². The third-order valence-corrected chi connectivity index (χ3v) is 3.10. The molecule has 2 aromatic rings. The molecule has 0 heterocycles. The minimum absolute atomic E-state index is 0.185. The zero-order chi connectivity index (χ0) is 14.9. The molecule has 20 heavy (non-hydrogen) atoms. The molecule has 0 radical (unpaired) electrons. The second-order valence-corrected chi connectivity index (χ2v) is 4.33. The molecule has 0 bridgehead atoms. The number of rotatable bonds is 2. The Morgan fingerprint density at radius 2 is 1.80 bits per heavy atom. The van der Waals surface area contributed by atoms with Crippen molar-refractivity contribution >= 4 is 11.7 Å². The molecule has 3 nitrogen and oxygen atoms in total. The SMILES string of the molecule is COC(=O)c1cc(-c2c(F)cccc2F)cc(N)c1C. The lowest BCUT2D eigenvalue weighted by molar-refractivity contribution is 0.0600. The van der Waals surface area contributed by atoms with Gasteiger partial charge in [-0.25, -0.2) is 13.6 Å². The van der Waals surface area contributed by atoms with Crippen LogP contribution < -0.4 is 5.73 Å². The van der Waals surface area contributed by atoms with Gasteiger partial charge in [-0.2, -0.15) is 0 Å². The van der Waals surface area contributed by atoms with Crippen molar-refractivity contribution in [2.45, 2.75) is 6.92 Å². The number of ether oxygens (including phenoxy) is 1. The van der Waals surface area contributed by atoms with Crippen LogP contribution >= 0.6 is 0 Å². The Morgan fingerprint density at radius 3 is 2.35 bits per heavy atom. The molecule has 0 aliphatic carbocycles. The number of hydrogen-bond acceptors (Lipinski definition) is 3. The van der Waals surface area contributed by atoms with Gasteiger partial charge in [0, 0.05) is 5.69 Å². The third-order valence-electron chi connectivity index (χ3n) is 3.10. The molecule has 0 atom stereocenters. The Kier molecular flexibility index (Phi) is 3.70. The van der Waals surface area contributed by atoms with Gasteiger partial charge in [0.1, 0.15) is 11.6 Å². The Hall–Kier alpha value is -2.43. The summed E-state index contributed by atoms with van der Waals surface area (Å²) in [6.07, 6.45) is 0. The highest BCUT2D eigenvalue weighted by molar-refractivity contribution is 5.94. The van der Waals surface area contributed by atoms with E-state index in [1.807, 2.05) is 0 Å². The number of halogens is 2. The highest BCUT2D eigenvalue weighted by Crippen LogP contribution is 2.31. The van der Waals surface area contributed by atoms with E-state index in [-0.39, 0.29) is 22.4 Å². The highest BCUT2D eigenvalue weighted by atomic mass is 19.1. The molecule has 0 spiro atoms. The molecule has 0 aromatic heterocycles. The van der Waals surface area contributed by atoms with E-state index in [4.69, 9.17) is 5.73 Å². The predicted molar refractivity (Wildman–Crippen MR) is 72.3 cm³/mol. The van der Waals surface area contributed by atoms with E-state index in [1.54, 1.807) is 6.92 Å². The van der Waals surface area contributed by atoms with E-state index in [0.29, 0.717) is 5.56 Å². The minimum Gasteiger partial charge on any atom is -0.465 e. The molecule has 0 fully saturated rings. The van der Waals surface area contributed by atoms with Gasteiger partial charge in [0.25, 0.3) is 0 Å². The topological polar surface area (TPSA) is 52.3 Å². The van der Waals surface area contributed by atoms with Gasteiger partial charge in [-0.15, -0.1) is 0 Å². The standard InChI is InChI=1S/C15H13F2NO2/c1-8-10(15(19)20-2)6-9(7-13(8)18)14-11(16)4-3-5-12(14)17/h3-7H,18H2,1-2H3. The number of carbonyl (C=O) groups is 1. The molecule has 5 heteroatoms. The first-order chi connectivity index (χ1) is 9.45. The molecule has 104 valence electrons. The van der Waals surface area contributed by atoms with Crippen LogP contribution in [0.5, 0.6) is 0 Å².